The molecule has 7 nitrogen and oxygen atoms in total. The zero-order chi connectivity index (χ0) is 22.9. The Kier molecular flexibility index (Phi) is 8.14. The van der Waals surface area contributed by atoms with Crippen molar-refractivity contribution in [2.45, 2.75) is 39.2 Å². The molecule has 0 unspecified atom stereocenters. The Morgan fingerprint density at radius 2 is 1.62 bits per heavy atom. The number of nitrogens with zero attached hydrogens (tertiary/aromatic N) is 1. The van der Waals surface area contributed by atoms with Gasteiger partial charge in [-0.2, -0.15) is 0 Å². The van der Waals surface area contributed by atoms with E-state index in [2.05, 4.69) is 5.32 Å². The van der Waals surface area contributed by atoms with Crippen molar-refractivity contribution < 1.29 is 23.9 Å². The Bertz CT molecular complexity index is 967. The molecule has 32 heavy (non-hydrogen) atoms. The van der Waals surface area contributed by atoms with E-state index in [0.29, 0.717) is 30.6 Å². The maximum absolute atomic E-state index is 12.3. The zero-order valence-electron chi connectivity index (χ0n) is 18.3. The molecule has 1 aliphatic heterocycles. The molecule has 0 spiro atoms. The number of nitrogens with one attached hydrogen (secondary N) is 1. The lowest BCUT2D eigenvalue weighted by Gasteiger charge is -2.15. The van der Waals surface area contributed by atoms with Gasteiger partial charge in [-0.1, -0.05) is 36.4 Å². The van der Waals surface area contributed by atoms with Gasteiger partial charge in [-0.25, -0.2) is 4.79 Å². The van der Waals surface area contributed by atoms with Gasteiger partial charge in [0.2, 0.25) is 11.8 Å². The quantitative estimate of drug-likeness (QED) is 0.351. The number of amides is 2. The van der Waals surface area contributed by atoms with Crippen LogP contribution in [0.25, 0.3) is 0 Å². The minimum absolute atomic E-state index is 0.0463. The van der Waals surface area contributed by atoms with Gasteiger partial charge in [0.1, 0.15) is 0 Å². The summed E-state index contributed by atoms with van der Waals surface area (Å²) in [4.78, 5) is 49.0. The second kappa shape index (κ2) is 11.2. The van der Waals surface area contributed by atoms with Crippen LogP contribution in [0, 0.1) is 0 Å². The molecule has 7 heteroatoms. The Balaban J connectivity index is 1.44. The van der Waals surface area contributed by atoms with Crippen molar-refractivity contribution in [3.63, 3.8) is 0 Å². The number of benzene rings is 2. The van der Waals surface area contributed by atoms with Crippen molar-refractivity contribution in [3.05, 3.63) is 70.8 Å². The molecule has 2 aromatic carbocycles. The van der Waals surface area contributed by atoms with E-state index in [4.69, 9.17) is 4.74 Å². The molecule has 3 rings (SSSR count). The topological polar surface area (TPSA) is 92.8 Å². The van der Waals surface area contributed by atoms with Crippen molar-refractivity contribution in [1.82, 2.24) is 10.2 Å². The summed E-state index contributed by atoms with van der Waals surface area (Å²) < 4.78 is 5.17. The second-order valence-corrected chi connectivity index (χ2v) is 7.90. The predicted molar refractivity (Wildman–Crippen MR) is 119 cm³/mol. The smallest absolute Gasteiger partial charge is 0.338 e. The number of rotatable bonds is 10. The maximum Gasteiger partial charge on any atom is 0.338 e. The highest BCUT2D eigenvalue weighted by atomic mass is 16.5. The lowest BCUT2D eigenvalue weighted by Crippen LogP contribution is -2.23. The number of carbonyl (C=O) groups is 4. The van der Waals surface area contributed by atoms with Gasteiger partial charge in [0.05, 0.1) is 5.56 Å². The molecule has 0 bridgehead atoms. The van der Waals surface area contributed by atoms with Crippen LogP contribution in [0.15, 0.2) is 48.5 Å². The van der Waals surface area contributed by atoms with Crippen molar-refractivity contribution in [1.29, 1.82) is 0 Å². The largest absolute Gasteiger partial charge is 0.454 e. The van der Waals surface area contributed by atoms with Gasteiger partial charge in [-0.15, -0.1) is 0 Å². The maximum atomic E-state index is 12.3. The summed E-state index contributed by atoms with van der Waals surface area (Å²) in [6.45, 7) is 3.08. The fourth-order valence-corrected chi connectivity index (χ4v) is 3.55. The number of ketones is 1. The first-order valence-electron chi connectivity index (χ1n) is 10.8. The van der Waals surface area contributed by atoms with Crippen LogP contribution in [0.2, 0.25) is 0 Å². The minimum atomic E-state index is -0.559. The third kappa shape index (κ3) is 6.77. The standard InChI is InChI=1S/C25H28N2O5/c1-18(28)26-14-2-4-19-6-10-21(11-7-19)23(29)17-32-25(31)22-12-8-20(9-13-22)16-27-15-3-5-24(27)30/h6-13H,2-5,14-17H2,1H3,(H,26,28). The molecular weight excluding hydrogens is 408 g/mol. The SMILES string of the molecule is CC(=O)NCCCc1ccc(C(=O)COC(=O)c2ccc(CN3CCCC3=O)cc2)cc1. The molecule has 2 aromatic rings. The van der Waals surface area contributed by atoms with Crippen LogP contribution in [0.5, 0.6) is 0 Å². The van der Waals surface area contributed by atoms with E-state index in [1.54, 1.807) is 41.3 Å². The van der Waals surface area contributed by atoms with E-state index in [9.17, 15) is 19.2 Å². The number of ether oxygens (including phenoxy) is 1. The van der Waals surface area contributed by atoms with Crippen molar-refractivity contribution >= 4 is 23.6 Å². The van der Waals surface area contributed by atoms with E-state index in [0.717, 1.165) is 36.9 Å². The molecule has 168 valence electrons. The van der Waals surface area contributed by atoms with Crippen LogP contribution in [0.1, 0.15) is 58.0 Å². The number of esters is 1. The summed E-state index contributed by atoms with van der Waals surface area (Å²) in [6.07, 6.45) is 3.10. The molecule has 0 atom stereocenters. The lowest BCUT2D eigenvalue weighted by molar-refractivity contribution is -0.128. The van der Waals surface area contributed by atoms with Crippen LogP contribution < -0.4 is 5.32 Å². The van der Waals surface area contributed by atoms with E-state index >= 15 is 0 Å². The first-order valence-corrected chi connectivity index (χ1v) is 10.8. The van der Waals surface area contributed by atoms with E-state index in [1.165, 1.54) is 6.92 Å². The number of likely N-dealkylation sites (tertiary alicyclic amines) is 1. The molecule has 1 saturated heterocycles. The Labute approximate surface area is 187 Å². The van der Waals surface area contributed by atoms with Crippen LogP contribution in [0.4, 0.5) is 0 Å². The van der Waals surface area contributed by atoms with E-state index < -0.39 is 5.97 Å². The van der Waals surface area contributed by atoms with Crippen LogP contribution in [-0.4, -0.2) is 48.2 Å². The summed E-state index contributed by atoms with van der Waals surface area (Å²) in [5, 5.41) is 2.75. The molecule has 0 aromatic heterocycles. The fourth-order valence-electron chi connectivity index (χ4n) is 3.55. The first kappa shape index (κ1) is 23.2. The van der Waals surface area contributed by atoms with Gasteiger partial charge >= 0.3 is 5.97 Å². The minimum Gasteiger partial charge on any atom is -0.454 e. The average molecular weight is 437 g/mol. The van der Waals surface area contributed by atoms with Crippen molar-refractivity contribution in [2.75, 3.05) is 19.7 Å². The Morgan fingerprint density at radius 3 is 2.25 bits per heavy atom. The number of carbonyl (C=O) groups excluding carboxylic acids is 4. The average Bonchev–Trinajstić information content (AvgIpc) is 3.20. The van der Waals surface area contributed by atoms with Gasteiger partial charge in [0.15, 0.2) is 12.4 Å². The van der Waals surface area contributed by atoms with Gasteiger partial charge in [0, 0.05) is 38.5 Å². The molecule has 0 aliphatic carbocycles. The summed E-state index contributed by atoms with van der Waals surface area (Å²) in [7, 11) is 0. The number of hydrogen-bond acceptors (Lipinski definition) is 5. The molecule has 1 N–H and O–H groups in total. The predicted octanol–water partition coefficient (Wildman–Crippen LogP) is 2.92. The van der Waals surface area contributed by atoms with Crippen molar-refractivity contribution in [3.8, 4) is 0 Å². The van der Waals surface area contributed by atoms with E-state index in [-0.39, 0.29) is 24.2 Å². The molecule has 1 fully saturated rings. The molecule has 0 radical (unpaired) electrons. The number of aryl methyl sites for hydroxylation is 1. The molecule has 1 aliphatic rings. The van der Waals surface area contributed by atoms with Gasteiger partial charge < -0.3 is 15.0 Å². The Morgan fingerprint density at radius 1 is 0.969 bits per heavy atom. The molecular formula is C25H28N2O5. The van der Waals surface area contributed by atoms with Crippen LogP contribution in [-0.2, 0) is 27.3 Å². The molecule has 0 saturated carbocycles. The molecule has 1 heterocycles. The summed E-state index contributed by atoms with van der Waals surface area (Å²) in [5.41, 5.74) is 2.86. The van der Waals surface area contributed by atoms with Gasteiger partial charge in [-0.05, 0) is 42.5 Å². The highest BCUT2D eigenvalue weighted by Crippen LogP contribution is 2.15. The third-order valence-electron chi connectivity index (χ3n) is 5.36. The summed E-state index contributed by atoms with van der Waals surface area (Å²) >= 11 is 0. The monoisotopic (exact) mass is 436 g/mol. The highest BCUT2D eigenvalue weighted by molar-refractivity contribution is 5.99. The second-order valence-electron chi connectivity index (χ2n) is 7.90. The van der Waals surface area contributed by atoms with Crippen molar-refractivity contribution in [2.24, 2.45) is 0 Å². The van der Waals surface area contributed by atoms with Crippen LogP contribution >= 0.6 is 0 Å². The van der Waals surface area contributed by atoms with Gasteiger partial charge in [0.25, 0.3) is 0 Å². The van der Waals surface area contributed by atoms with Crippen LogP contribution in [0.3, 0.4) is 0 Å². The third-order valence-corrected chi connectivity index (χ3v) is 5.36. The van der Waals surface area contributed by atoms with Gasteiger partial charge in [-0.3, -0.25) is 14.4 Å². The zero-order valence-corrected chi connectivity index (χ0v) is 18.3. The fraction of sp³-hybridized carbons (Fsp3) is 0.360. The normalized spacial score (nSPS) is 13.2. The summed E-state index contributed by atoms with van der Waals surface area (Å²) in [5.74, 6) is -0.718. The number of Topliss-reactive ketones (excluding diaryl/α,β-unsaturated/α-hetero) is 1. The molecule has 2 amide bonds. The van der Waals surface area contributed by atoms with E-state index in [1.807, 2.05) is 12.1 Å². The summed E-state index contributed by atoms with van der Waals surface area (Å²) in [6, 6.07) is 14.1. The Hall–Kier alpha value is -3.48. The number of hydrogen-bond donors (Lipinski definition) is 1. The lowest BCUT2D eigenvalue weighted by atomic mass is 10.1. The highest BCUT2D eigenvalue weighted by Gasteiger charge is 2.20. The first-order chi connectivity index (χ1) is 15.4.